The second-order valence-electron chi connectivity index (χ2n) is 8.91. The van der Waals surface area contributed by atoms with E-state index in [0.717, 1.165) is 32.5 Å². The minimum atomic E-state index is -1.16. The Kier molecular flexibility index (Phi) is 6.65. The van der Waals surface area contributed by atoms with Gasteiger partial charge in [0.25, 0.3) is 5.91 Å². The van der Waals surface area contributed by atoms with E-state index in [2.05, 4.69) is 10.2 Å². The molecule has 3 saturated heterocycles. The van der Waals surface area contributed by atoms with Crippen LogP contribution in [0.4, 0.5) is 5.69 Å². The van der Waals surface area contributed by atoms with Crippen molar-refractivity contribution in [3.05, 3.63) is 65.2 Å². The SMILES string of the molecule is CN(C)C(=O)c1cc(NC(C(=O)O[C@H]2CN3CCC2CC3)c2ccccc2)cc(C(=O)O)c1. The molecule has 0 radical (unpaired) electrons. The monoisotopic (exact) mass is 451 g/mol. The van der Waals surface area contributed by atoms with Gasteiger partial charge in [0, 0.05) is 31.9 Å². The molecule has 8 nitrogen and oxygen atoms in total. The predicted octanol–water partition coefficient (Wildman–Crippen LogP) is 2.88. The normalized spacial score (nSPS) is 22.3. The average molecular weight is 452 g/mol. The van der Waals surface area contributed by atoms with E-state index >= 15 is 0 Å². The molecule has 3 fully saturated rings. The van der Waals surface area contributed by atoms with Gasteiger partial charge in [0.05, 0.1) is 5.56 Å². The van der Waals surface area contributed by atoms with Crippen molar-refractivity contribution < 1.29 is 24.2 Å². The lowest BCUT2D eigenvalue weighted by Crippen LogP contribution is -2.52. The number of piperidine rings is 3. The van der Waals surface area contributed by atoms with Crippen molar-refractivity contribution in [1.82, 2.24) is 9.80 Å². The number of carbonyl (C=O) groups excluding carboxylic acids is 2. The zero-order valence-corrected chi connectivity index (χ0v) is 18.9. The number of fused-ring (bicyclic) bond motifs is 3. The standard InChI is InChI=1S/C25H29N3O5/c1-27(2)23(29)18-12-19(24(30)31)14-20(13-18)26-22(17-6-4-3-5-7-17)25(32)33-21-15-28-10-8-16(21)9-11-28/h3-7,12-14,16,21-22,26H,8-11,15H2,1-2H3,(H,30,31)/t21-,22?/m0/s1. The molecule has 8 heteroatoms. The van der Waals surface area contributed by atoms with Crippen molar-refractivity contribution in [3.8, 4) is 0 Å². The summed E-state index contributed by atoms with van der Waals surface area (Å²) in [6, 6.07) is 12.6. The number of anilines is 1. The number of carbonyl (C=O) groups is 3. The lowest BCUT2D eigenvalue weighted by molar-refractivity contribution is -0.159. The highest BCUT2D eigenvalue weighted by Gasteiger charge is 2.38. The Hall–Kier alpha value is -3.39. The van der Waals surface area contributed by atoms with Crippen LogP contribution in [0.15, 0.2) is 48.5 Å². The molecule has 2 aromatic rings. The van der Waals surface area contributed by atoms with Crippen molar-refractivity contribution in [3.63, 3.8) is 0 Å². The van der Waals surface area contributed by atoms with Crippen LogP contribution in [0.25, 0.3) is 0 Å². The average Bonchev–Trinajstić information content (AvgIpc) is 2.83. The number of hydrogen-bond donors (Lipinski definition) is 2. The summed E-state index contributed by atoms with van der Waals surface area (Å²) >= 11 is 0. The van der Waals surface area contributed by atoms with Gasteiger partial charge >= 0.3 is 11.9 Å². The molecule has 0 spiro atoms. The van der Waals surface area contributed by atoms with Crippen LogP contribution in [0.1, 0.15) is 45.2 Å². The van der Waals surface area contributed by atoms with Gasteiger partial charge in [-0.1, -0.05) is 30.3 Å². The Balaban J connectivity index is 1.62. The van der Waals surface area contributed by atoms with Gasteiger partial charge in [-0.2, -0.15) is 0 Å². The molecule has 1 amide bonds. The predicted molar refractivity (Wildman–Crippen MR) is 123 cm³/mol. The van der Waals surface area contributed by atoms with Gasteiger partial charge in [0.2, 0.25) is 0 Å². The minimum absolute atomic E-state index is 0.0391. The first kappa shape index (κ1) is 22.8. The number of nitrogens with zero attached hydrogens (tertiary/aromatic N) is 2. The maximum Gasteiger partial charge on any atom is 0.335 e. The summed E-state index contributed by atoms with van der Waals surface area (Å²) in [6.45, 7) is 2.83. The lowest BCUT2D eigenvalue weighted by Gasteiger charge is -2.44. The Morgan fingerprint density at radius 3 is 2.30 bits per heavy atom. The van der Waals surface area contributed by atoms with Crippen LogP contribution in [0.5, 0.6) is 0 Å². The third-order valence-corrected chi connectivity index (χ3v) is 6.38. The quantitative estimate of drug-likeness (QED) is 0.625. The van der Waals surface area contributed by atoms with Crippen LogP contribution < -0.4 is 5.32 Å². The second kappa shape index (κ2) is 9.62. The molecule has 5 rings (SSSR count). The summed E-state index contributed by atoms with van der Waals surface area (Å²) in [5, 5.41) is 12.7. The number of carboxylic acid groups (broad SMARTS) is 1. The molecular weight excluding hydrogens is 422 g/mol. The molecule has 2 bridgehead atoms. The third kappa shape index (κ3) is 5.17. The first-order valence-electron chi connectivity index (χ1n) is 11.2. The van der Waals surface area contributed by atoms with Gasteiger partial charge in [-0.15, -0.1) is 0 Å². The maximum absolute atomic E-state index is 13.3. The van der Waals surface area contributed by atoms with E-state index in [1.54, 1.807) is 20.2 Å². The number of nitrogens with one attached hydrogen (secondary N) is 1. The molecular formula is C25H29N3O5. The number of ether oxygens (including phenoxy) is 1. The van der Waals surface area contributed by atoms with E-state index in [1.165, 1.54) is 17.0 Å². The van der Waals surface area contributed by atoms with Gasteiger partial charge in [-0.05, 0) is 55.6 Å². The highest BCUT2D eigenvalue weighted by Crippen LogP contribution is 2.31. The Bertz CT molecular complexity index is 1030. The van der Waals surface area contributed by atoms with Crippen molar-refractivity contribution in [2.24, 2.45) is 5.92 Å². The Labute approximate surface area is 193 Å². The van der Waals surface area contributed by atoms with E-state index in [0.29, 0.717) is 17.2 Å². The van der Waals surface area contributed by atoms with Crippen LogP contribution in [-0.4, -0.2) is 72.6 Å². The molecule has 174 valence electrons. The smallest absolute Gasteiger partial charge is 0.335 e. The largest absolute Gasteiger partial charge is 0.478 e. The summed E-state index contributed by atoms with van der Waals surface area (Å²) in [7, 11) is 3.20. The van der Waals surface area contributed by atoms with E-state index in [-0.39, 0.29) is 23.1 Å². The number of amides is 1. The van der Waals surface area contributed by atoms with Gasteiger partial charge in [0.15, 0.2) is 6.04 Å². The highest BCUT2D eigenvalue weighted by atomic mass is 16.5. The summed E-state index contributed by atoms with van der Waals surface area (Å²) in [6.07, 6.45) is 1.90. The summed E-state index contributed by atoms with van der Waals surface area (Å²) in [4.78, 5) is 41.2. The Morgan fingerprint density at radius 2 is 1.73 bits per heavy atom. The fraction of sp³-hybridized carbons (Fsp3) is 0.400. The number of hydrogen-bond acceptors (Lipinski definition) is 6. The fourth-order valence-corrected chi connectivity index (χ4v) is 4.57. The molecule has 0 aliphatic carbocycles. The van der Waals surface area contributed by atoms with Gasteiger partial charge < -0.3 is 20.1 Å². The van der Waals surface area contributed by atoms with E-state index in [4.69, 9.17) is 4.74 Å². The van der Waals surface area contributed by atoms with E-state index in [9.17, 15) is 19.5 Å². The summed E-state index contributed by atoms with van der Waals surface area (Å²) in [5.41, 5.74) is 1.24. The van der Waals surface area contributed by atoms with Crippen molar-refractivity contribution in [2.45, 2.75) is 25.0 Å². The molecule has 2 aromatic carbocycles. The van der Waals surface area contributed by atoms with Crippen LogP contribution in [0, 0.1) is 5.92 Å². The van der Waals surface area contributed by atoms with Crippen LogP contribution in [-0.2, 0) is 9.53 Å². The van der Waals surface area contributed by atoms with Gasteiger partial charge in [0.1, 0.15) is 6.10 Å². The van der Waals surface area contributed by atoms with Crippen LogP contribution >= 0.6 is 0 Å². The molecule has 2 N–H and O–H groups in total. The zero-order chi connectivity index (χ0) is 23.5. The second-order valence-corrected chi connectivity index (χ2v) is 8.91. The third-order valence-electron chi connectivity index (χ3n) is 6.38. The maximum atomic E-state index is 13.3. The number of esters is 1. The lowest BCUT2D eigenvalue weighted by atomic mass is 9.86. The first-order chi connectivity index (χ1) is 15.8. The molecule has 33 heavy (non-hydrogen) atoms. The molecule has 0 aromatic heterocycles. The van der Waals surface area contributed by atoms with Gasteiger partial charge in [-0.25, -0.2) is 9.59 Å². The zero-order valence-electron chi connectivity index (χ0n) is 18.9. The number of benzene rings is 2. The van der Waals surface area contributed by atoms with Crippen molar-refractivity contribution in [1.29, 1.82) is 0 Å². The summed E-state index contributed by atoms with van der Waals surface area (Å²) < 4.78 is 5.97. The summed E-state index contributed by atoms with van der Waals surface area (Å²) in [5.74, 6) is -1.53. The molecule has 3 aliphatic heterocycles. The molecule has 0 saturated carbocycles. The number of aromatic carboxylic acids is 1. The molecule has 3 heterocycles. The number of carboxylic acids is 1. The number of rotatable bonds is 7. The van der Waals surface area contributed by atoms with Crippen molar-refractivity contribution in [2.75, 3.05) is 39.0 Å². The first-order valence-corrected chi connectivity index (χ1v) is 11.2. The topological polar surface area (TPSA) is 99.2 Å². The fourth-order valence-electron chi connectivity index (χ4n) is 4.57. The van der Waals surface area contributed by atoms with Crippen molar-refractivity contribution >= 4 is 23.5 Å². The van der Waals surface area contributed by atoms with Crippen LogP contribution in [0.2, 0.25) is 0 Å². The van der Waals surface area contributed by atoms with Gasteiger partial charge in [-0.3, -0.25) is 9.69 Å². The molecule has 1 unspecified atom stereocenters. The Morgan fingerprint density at radius 1 is 1.06 bits per heavy atom. The van der Waals surface area contributed by atoms with E-state index in [1.807, 2.05) is 30.3 Å². The van der Waals surface area contributed by atoms with Crippen LogP contribution in [0.3, 0.4) is 0 Å². The minimum Gasteiger partial charge on any atom is -0.478 e. The molecule has 2 atom stereocenters. The molecule has 3 aliphatic rings. The van der Waals surface area contributed by atoms with E-state index < -0.39 is 18.0 Å². The highest BCUT2D eigenvalue weighted by molar-refractivity contribution is 5.99.